The topological polar surface area (TPSA) is 48.0 Å². The van der Waals surface area contributed by atoms with Crippen molar-refractivity contribution in [2.45, 2.75) is 45.6 Å². The smallest absolute Gasteiger partial charge is 0.493 e. The van der Waals surface area contributed by atoms with Gasteiger partial charge in [0, 0.05) is 25.1 Å². The second kappa shape index (κ2) is 8.05. The Kier molecular flexibility index (Phi) is 6.26. The molecule has 146 valence electrons. The molecule has 0 aromatic heterocycles. The predicted octanol–water partition coefficient (Wildman–Crippen LogP) is 4.61. The minimum absolute atomic E-state index is 0.0865. The first-order valence-corrected chi connectivity index (χ1v) is 8.48. The SMILES string of the molecule is CC(C)(C)OC(=O)N1CCC[C@H](COc2cccc(OC(F)(F)F)c2)C1. The van der Waals surface area contributed by atoms with Gasteiger partial charge in [-0.15, -0.1) is 13.2 Å². The number of nitrogens with zero attached hydrogens (tertiary/aromatic N) is 1. The lowest BCUT2D eigenvalue weighted by atomic mass is 9.99. The van der Waals surface area contributed by atoms with Gasteiger partial charge in [-0.25, -0.2) is 4.79 Å². The summed E-state index contributed by atoms with van der Waals surface area (Å²) in [5.41, 5.74) is -0.556. The molecule has 1 amide bonds. The monoisotopic (exact) mass is 375 g/mol. The molecule has 2 rings (SSSR count). The Morgan fingerprint density at radius 3 is 2.58 bits per heavy atom. The minimum Gasteiger partial charge on any atom is -0.493 e. The number of piperidine rings is 1. The molecular formula is C18H24F3NO4. The Bertz CT molecular complexity index is 613. The predicted molar refractivity (Wildman–Crippen MR) is 89.2 cm³/mol. The van der Waals surface area contributed by atoms with Gasteiger partial charge in [0.25, 0.3) is 0 Å². The first kappa shape index (κ1) is 20.2. The molecule has 0 spiro atoms. The van der Waals surface area contributed by atoms with Crippen LogP contribution in [0.3, 0.4) is 0 Å². The van der Waals surface area contributed by atoms with E-state index in [1.807, 2.05) is 20.8 Å². The van der Waals surface area contributed by atoms with E-state index in [1.165, 1.54) is 18.2 Å². The van der Waals surface area contributed by atoms with Crippen LogP contribution in [-0.2, 0) is 4.74 Å². The van der Waals surface area contributed by atoms with Crippen molar-refractivity contribution in [3.63, 3.8) is 0 Å². The van der Waals surface area contributed by atoms with Gasteiger partial charge in [0.2, 0.25) is 0 Å². The van der Waals surface area contributed by atoms with Crippen molar-refractivity contribution in [3.8, 4) is 11.5 Å². The molecule has 0 bridgehead atoms. The highest BCUT2D eigenvalue weighted by Gasteiger charge is 2.31. The van der Waals surface area contributed by atoms with Crippen LogP contribution >= 0.6 is 0 Å². The van der Waals surface area contributed by atoms with Crippen molar-refractivity contribution in [3.05, 3.63) is 24.3 Å². The molecule has 0 unspecified atom stereocenters. The summed E-state index contributed by atoms with van der Waals surface area (Å²) in [6, 6.07) is 5.41. The fourth-order valence-electron chi connectivity index (χ4n) is 2.67. The average molecular weight is 375 g/mol. The summed E-state index contributed by atoms with van der Waals surface area (Å²) in [6.45, 7) is 6.85. The van der Waals surface area contributed by atoms with Gasteiger partial charge in [0.05, 0.1) is 6.61 Å². The molecule has 1 fully saturated rings. The van der Waals surface area contributed by atoms with Crippen LogP contribution in [0.2, 0.25) is 0 Å². The largest absolute Gasteiger partial charge is 0.573 e. The molecule has 0 aliphatic carbocycles. The number of amides is 1. The number of rotatable bonds is 4. The third-order valence-electron chi connectivity index (χ3n) is 3.70. The summed E-state index contributed by atoms with van der Waals surface area (Å²) in [5.74, 6) is 0.0543. The van der Waals surface area contributed by atoms with Crippen LogP contribution in [0, 0.1) is 5.92 Å². The molecular weight excluding hydrogens is 351 g/mol. The maximum absolute atomic E-state index is 12.3. The van der Waals surface area contributed by atoms with E-state index in [1.54, 1.807) is 11.0 Å². The molecule has 1 heterocycles. The lowest BCUT2D eigenvalue weighted by Gasteiger charge is -2.34. The van der Waals surface area contributed by atoms with Crippen molar-refractivity contribution < 1.29 is 32.2 Å². The van der Waals surface area contributed by atoms with Crippen molar-refractivity contribution in [1.29, 1.82) is 0 Å². The van der Waals surface area contributed by atoms with E-state index in [4.69, 9.17) is 9.47 Å². The second-order valence-corrected chi connectivity index (χ2v) is 7.27. The number of ether oxygens (including phenoxy) is 3. The van der Waals surface area contributed by atoms with Crippen LogP contribution in [0.25, 0.3) is 0 Å². The van der Waals surface area contributed by atoms with Crippen molar-refractivity contribution in [2.24, 2.45) is 5.92 Å². The van der Waals surface area contributed by atoms with Gasteiger partial charge in [-0.2, -0.15) is 0 Å². The molecule has 0 radical (unpaired) electrons. The molecule has 1 aromatic carbocycles. The van der Waals surface area contributed by atoms with Crippen LogP contribution < -0.4 is 9.47 Å². The standard InChI is InChI=1S/C18H24F3NO4/c1-17(2,3)26-16(23)22-9-5-6-13(11-22)12-24-14-7-4-8-15(10-14)25-18(19,20)21/h4,7-8,10,13H,5-6,9,11-12H2,1-3H3/t13-/m0/s1. The molecule has 1 aliphatic heterocycles. The van der Waals surface area contributed by atoms with Gasteiger partial charge < -0.3 is 19.1 Å². The summed E-state index contributed by atoms with van der Waals surface area (Å²) >= 11 is 0. The molecule has 8 heteroatoms. The third kappa shape index (κ3) is 7.01. The van der Waals surface area contributed by atoms with E-state index in [2.05, 4.69) is 4.74 Å². The lowest BCUT2D eigenvalue weighted by Crippen LogP contribution is -2.44. The summed E-state index contributed by atoms with van der Waals surface area (Å²) in [5, 5.41) is 0. The molecule has 0 saturated carbocycles. The zero-order chi connectivity index (χ0) is 19.4. The number of hydrogen-bond acceptors (Lipinski definition) is 4. The Balaban J connectivity index is 1.87. The van der Waals surface area contributed by atoms with Crippen LogP contribution in [-0.4, -0.2) is 42.7 Å². The minimum atomic E-state index is -4.74. The zero-order valence-corrected chi connectivity index (χ0v) is 15.1. The Labute approximate surface area is 151 Å². The van der Waals surface area contributed by atoms with Gasteiger partial charge in [-0.1, -0.05) is 6.07 Å². The number of likely N-dealkylation sites (tertiary alicyclic amines) is 1. The fraction of sp³-hybridized carbons (Fsp3) is 0.611. The molecule has 5 nitrogen and oxygen atoms in total. The summed E-state index contributed by atoms with van der Waals surface area (Å²) < 4.78 is 51.7. The molecule has 1 aliphatic rings. The number of benzene rings is 1. The highest BCUT2D eigenvalue weighted by molar-refractivity contribution is 5.68. The van der Waals surface area contributed by atoms with E-state index in [0.717, 1.165) is 12.8 Å². The van der Waals surface area contributed by atoms with Crippen molar-refractivity contribution in [2.75, 3.05) is 19.7 Å². The summed E-state index contributed by atoms with van der Waals surface area (Å²) in [6.07, 6.45) is -3.40. The maximum Gasteiger partial charge on any atom is 0.573 e. The van der Waals surface area contributed by atoms with E-state index < -0.39 is 12.0 Å². The molecule has 1 aromatic rings. The van der Waals surface area contributed by atoms with E-state index in [0.29, 0.717) is 25.4 Å². The average Bonchev–Trinajstić information content (AvgIpc) is 2.50. The van der Waals surface area contributed by atoms with Gasteiger partial charge in [0.15, 0.2) is 0 Å². The molecule has 0 N–H and O–H groups in total. The fourth-order valence-corrected chi connectivity index (χ4v) is 2.67. The van der Waals surface area contributed by atoms with Gasteiger partial charge in [-0.3, -0.25) is 0 Å². The van der Waals surface area contributed by atoms with Crippen LogP contribution in [0.4, 0.5) is 18.0 Å². The summed E-state index contributed by atoms with van der Waals surface area (Å²) in [7, 11) is 0. The zero-order valence-electron chi connectivity index (χ0n) is 15.1. The van der Waals surface area contributed by atoms with E-state index in [-0.39, 0.29) is 17.8 Å². The first-order valence-electron chi connectivity index (χ1n) is 8.48. The van der Waals surface area contributed by atoms with Gasteiger partial charge in [0.1, 0.15) is 17.1 Å². The normalized spacial score (nSPS) is 18.4. The number of halogens is 3. The van der Waals surface area contributed by atoms with Crippen LogP contribution in [0.5, 0.6) is 11.5 Å². The number of carbonyl (C=O) groups excluding carboxylic acids is 1. The Morgan fingerprint density at radius 2 is 1.92 bits per heavy atom. The maximum atomic E-state index is 12.3. The Morgan fingerprint density at radius 1 is 1.23 bits per heavy atom. The second-order valence-electron chi connectivity index (χ2n) is 7.27. The molecule has 1 atom stereocenters. The molecule has 1 saturated heterocycles. The van der Waals surface area contributed by atoms with E-state index in [9.17, 15) is 18.0 Å². The Hall–Kier alpha value is -2.12. The first-order chi connectivity index (χ1) is 12.0. The van der Waals surface area contributed by atoms with Gasteiger partial charge >= 0.3 is 12.5 Å². The van der Waals surface area contributed by atoms with Crippen molar-refractivity contribution in [1.82, 2.24) is 4.90 Å². The summed E-state index contributed by atoms with van der Waals surface area (Å²) in [4.78, 5) is 13.8. The van der Waals surface area contributed by atoms with Crippen LogP contribution in [0.15, 0.2) is 24.3 Å². The van der Waals surface area contributed by atoms with Gasteiger partial charge in [-0.05, 0) is 45.7 Å². The van der Waals surface area contributed by atoms with E-state index >= 15 is 0 Å². The number of hydrogen-bond donors (Lipinski definition) is 0. The molecule has 26 heavy (non-hydrogen) atoms. The highest BCUT2D eigenvalue weighted by atomic mass is 19.4. The highest BCUT2D eigenvalue weighted by Crippen LogP contribution is 2.27. The van der Waals surface area contributed by atoms with Crippen molar-refractivity contribution >= 4 is 6.09 Å². The van der Waals surface area contributed by atoms with Crippen LogP contribution in [0.1, 0.15) is 33.6 Å². The lowest BCUT2D eigenvalue weighted by molar-refractivity contribution is -0.274. The number of alkyl halides is 3. The number of carbonyl (C=O) groups is 1. The quantitative estimate of drug-likeness (QED) is 0.771. The third-order valence-corrected chi connectivity index (χ3v) is 3.70.